The molecule has 1 aliphatic heterocycles. The standard InChI is InChI=1S/C12H25N3OS/c1-10(8-16-5)13-11(17)15-7-6-14(4)12(2,3)9-15/h10H,6-9H2,1-5H3,(H,13,17). The Morgan fingerprint density at radius 2 is 2.12 bits per heavy atom. The molecule has 5 heteroatoms. The molecule has 1 unspecified atom stereocenters. The molecule has 0 bridgehead atoms. The Labute approximate surface area is 110 Å². The van der Waals surface area contributed by atoms with Crippen LogP contribution in [0.2, 0.25) is 0 Å². The van der Waals surface area contributed by atoms with Gasteiger partial charge in [0.15, 0.2) is 5.11 Å². The zero-order valence-corrected chi connectivity index (χ0v) is 12.4. The summed E-state index contributed by atoms with van der Waals surface area (Å²) in [4.78, 5) is 4.63. The third-order valence-corrected chi connectivity index (χ3v) is 3.77. The molecule has 1 heterocycles. The zero-order chi connectivity index (χ0) is 13.1. The van der Waals surface area contributed by atoms with Crippen molar-refractivity contribution in [1.82, 2.24) is 15.1 Å². The van der Waals surface area contributed by atoms with Gasteiger partial charge >= 0.3 is 0 Å². The van der Waals surface area contributed by atoms with Crippen LogP contribution >= 0.6 is 12.2 Å². The quantitative estimate of drug-likeness (QED) is 0.761. The number of ether oxygens (including phenoxy) is 1. The van der Waals surface area contributed by atoms with Crippen LogP contribution in [-0.2, 0) is 4.74 Å². The fourth-order valence-electron chi connectivity index (χ4n) is 2.01. The molecule has 1 atom stereocenters. The van der Waals surface area contributed by atoms with Crippen LogP contribution in [0.3, 0.4) is 0 Å². The van der Waals surface area contributed by atoms with E-state index in [4.69, 9.17) is 17.0 Å². The van der Waals surface area contributed by atoms with Crippen LogP contribution in [0.1, 0.15) is 20.8 Å². The van der Waals surface area contributed by atoms with Crippen molar-refractivity contribution in [3.05, 3.63) is 0 Å². The monoisotopic (exact) mass is 259 g/mol. The van der Waals surface area contributed by atoms with Gasteiger partial charge in [-0.2, -0.15) is 0 Å². The van der Waals surface area contributed by atoms with E-state index in [0.29, 0.717) is 6.61 Å². The number of likely N-dealkylation sites (N-methyl/N-ethyl adjacent to an activating group) is 1. The first-order valence-electron chi connectivity index (χ1n) is 6.12. The predicted octanol–water partition coefficient (Wildman–Crippen LogP) is 0.922. The maximum absolute atomic E-state index is 5.45. The average Bonchev–Trinajstić information content (AvgIpc) is 2.22. The summed E-state index contributed by atoms with van der Waals surface area (Å²) in [6.07, 6.45) is 0. The lowest BCUT2D eigenvalue weighted by atomic mass is 10.0. The molecule has 1 saturated heterocycles. The second-order valence-electron chi connectivity index (χ2n) is 5.46. The lowest BCUT2D eigenvalue weighted by Crippen LogP contribution is -2.61. The van der Waals surface area contributed by atoms with Crippen molar-refractivity contribution in [2.45, 2.75) is 32.4 Å². The van der Waals surface area contributed by atoms with Crippen molar-refractivity contribution in [1.29, 1.82) is 0 Å². The number of thiocarbonyl (C=S) groups is 1. The first-order chi connectivity index (χ1) is 7.86. The summed E-state index contributed by atoms with van der Waals surface area (Å²) in [7, 11) is 3.88. The lowest BCUT2D eigenvalue weighted by Gasteiger charge is -2.46. The predicted molar refractivity (Wildman–Crippen MR) is 75.4 cm³/mol. The van der Waals surface area contributed by atoms with Gasteiger partial charge in [0.2, 0.25) is 0 Å². The van der Waals surface area contributed by atoms with E-state index >= 15 is 0 Å². The highest BCUT2D eigenvalue weighted by Gasteiger charge is 2.32. The summed E-state index contributed by atoms with van der Waals surface area (Å²) < 4.78 is 5.10. The van der Waals surface area contributed by atoms with Crippen molar-refractivity contribution in [3.63, 3.8) is 0 Å². The van der Waals surface area contributed by atoms with Crippen molar-refractivity contribution in [3.8, 4) is 0 Å². The topological polar surface area (TPSA) is 27.7 Å². The number of hydrogen-bond acceptors (Lipinski definition) is 3. The van der Waals surface area contributed by atoms with Gasteiger partial charge in [0.1, 0.15) is 0 Å². The van der Waals surface area contributed by atoms with Crippen molar-refractivity contribution in [2.75, 3.05) is 40.4 Å². The molecule has 1 aliphatic rings. The van der Waals surface area contributed by atoms with E-state index in [1.807, 2.05) is 0 Å². The molecule has 0 radical (unpaired) electrons. The fraction of sp³-hybridized carbons (Fsp3) is 0.917. The normalized spacial score (nSPS) is 22.3. The summed E-state index contributed by atoms with van der Waals surface area (Å²) in [5.74, 6) is 0. The molecule has 0 amide bonds. The number of nitrogens with zero attached hydrogens (tertiary/aromatic N) is 2. The molecule has 0 aromatic heterocycles. The minimum absolute atomic E-state index is 0.175. The van der Waals surface area contributed by atoms with Gasteiger partial charge in [-0.1, -0.05) is 0 Å². The first-order valence-corrected chi connectivity index (χ1v) is 6.53. The Bertz CT molecular complexity index is 270. The SMILES string of the molecule is COCC(C)NC(=S)N1CCN(C)C(C)(C)C1. The van der Waals surface area contributed by atoms with Gasteiger partial charge in [-0.05, 0) is 40.0 Å². The van der Waals surface area contributed by atoms with E-state index in [9.17, 15) is 0 Å². The lowest BCUT2D eigenvalue weighted by molar-refractivity contribution is 0.0731. The number of methoxy groups -OCH3 is 1. The van der Waals surface area contributed by atoms with Crippen molar-refractivity contribution >= 4 is 17.3 Å². The Morgan fingerprint density at radius 1 is 1.47 bits per heavy atom. The Morgan fingerprint density at radius 3 is 2.65 bits per heavy atom. The van der Waals surface area contributed by atoms with Gasteiger partial charge in [-0.15, -0.1) is 0 Å². The maximum Gasteiger partial charge on any atom is 0.169 e. The summed E-state index contributed by atoms with van der Waals surface area (Å²) >= 11 is 5.45. The van der Waals surface area contributed by atoms with Crippen LogP contribution in [0.5, 0.6) is 0 Å². The number of nitrogens with one attached hydrogen (secondary N) is 1. The molecule has 17 heavy (non-hydrogen) atoms. The van der Waals surface area contributed by atoms with E-state index in [1.54, 1.807) is 7.11 Å². The molecule has 100 valence electrons. The van der Waals surface area contributed by atoms with E-state index < -0.39 is 0 Å². The van der Waals surface area contributed by atoms with E-state index in [1.165, 1.54) is 0 Å². The highest BCUT2D eigenvalue weighted by atomic mass is 32.1. The third kappa shape index (κ3) is 4.08. The molecule has 1 N–H and O–H groups in total. The minimum Gasteiger partial charge on any atom is -0.383 e. The van der Waals surface area contributed by atoms with Gasteiger partial charge in [0.25, 0.3) is 0 Å². The highest BCUT2D eigenvalue weighted by molar-refractivity contribution is 7.80. The van der Waals surface area contributed by atoms with Gasteiger partial charge in [0, 0.05) is 38.3 Å². The summed E-state index contributed by atoms with van der Waals surface area (Å²) in [6.45, 7) is 10.3. The van der Waals surface area contributed by atoms with Crippen LogP contribution in [0.4, 0.5) is 0 Å². The smallest absolute Gasteiger partial charge is 0.169 e. The molecule has 4 nitrogen and oxygen atoms in total. The van der Waals surface area contributed by atoms with Gasteiger partial charge in [-0.25, -0.2) is 0 Å². The van der Waals surface area contributed by atoms with Crippen LogP contribution in [0.15, 0.2) is 0 Å². The van der Waals surface area contributed by atoms with Crippen molar-refractivity contribution < 1.29 is 4.74 Å². The Kier molecular flexibility index (Phi) is 5.16. The molecule has 0 aromatic rings. The number of hydrogen-bond donors (Lipinski definition) is 1. The van der Waals surface area contributed by atoms with E-state index in [-0.39, 0.29) is 11.6 Å². The molecule has 0 spiro atoms. The zero-order valence-electron chi connectivity index (χ0n) is 11.6. The molecule has 0 saturated carbocycles. The summed E-state index contributed by atoms with van der Waals surface area (Å²) in [5.41, 5.74) is 0.175. The first kappa shape index (κ1) is 14.7. The largest absolute Gasteiger partial charge is 0.383 e. The maximum atomic E-state index is 5.45. The highest BCUT2D eigenvalue weighted by Crippen LogP contribution is 2.18. The molecule has 1 fully saturated rings. The van der Waals surface area contributed by atoms with Gasteiger partial charge < -0.3 is 15.0 Å². The molecule has 1 rings (SSSR count). The van der Waals surface area contributed by atoms with Crippen molar-refractivity contribution in [2.24, 2.45) is 0 Å². The second-order valence-corrected chi connectivity index (χ2v) is 5.85. The van der Waals surface area contributed by atoms with Gasteiger partial charge in [0.05, 0.1) is 6.61 Å². The number of piperazine rings is 1. The Hall–Kier alpha value is -0.390. The summed E-state index contributed by atoms with van der Waals surface area (Å²) in [5, 5.41) is 4.16. The van der Waals surface area contributed by atoms with Crippen LogP contribution in [-0.4, -0.2) is 66.9 Å². The molecular weight excluding hydrogens is 234 g/mol. The van der Waals surface area contributed by atoms with E-state index in [2.05, 4.69) is 42.9 Å². The molecular formula is C12H25N3OS. The average molecular weight is 259 g/mol. The van der Waals surface area contributed by atoms with Crippen LogP contribution in [0, 0.1) is 0 Å². The minimum atomic E-state index is 0.175. The molecule has 0 aliphatic carbocycles. The van der Waals surface area contributed by atoms with Gasteiger partial charge in [-0.3, -0.25) is 4.90 Å². The van der Waals surface area contributed by atoms with Crippen LogP contribution in [0.25, 0.3) is 0 Å². The second kappa shape index (κ2) is 5.98. The fourth-order valence-corrected chi connectivity index (χ4v) is 2.36. The summed E-state index contributed by atoms with van der Waals surface area (Å²) in [6, 6.07) is 0.260. The van der Waals surface area contributed by atoms with E-state index in [0.717, 1.165) is 24.7 Å². The molecule has 0 aromatic carbocycles. The Balaban J connectivity index is 2.48. The van der Waals surface area contributed by atoms with Crippen LogP contribution < -0.4 is 5.32 Å². The number of rotatable bonds is 3. The third-order valence-electron chi connectivity index (χ3n) is 3.39.